The van der Waals surface area contributed by atoms with E-state index in [1.807, 2.05) is 22.7 Å². The molecule has 21 rings (SSSR count). The zero-order chi connectivity index (χ0) is 69.8. The molecule has 12 aromatic carbocycles. The van der Waals surface area contributed by atoms with Crippen molar-refractivity contribution in [1.82, 2.24) is 19.8 Å². The lowest BCUT2D eigenvalue weighted by molar-refractivity contribution is 0.670. The van der Waals surface area contributed by atoms with Crippen molar-refractivity contribution in [2.75, 3.05) is 0 Å². The van der Waals surface area contributed by atoms with Crippen LogP contribution in [0.15, 0.2) is 343 Å². The molecule has 0 saturated heterocycles. The smallest absolute Gasteiger partial charge is 0.134 e. The molecule has 3 aliphatic carbocycles. The molecule has 0 bridgehead atoms. The Morgan fingerprint density at radius 2 is 0.953 bits per heavy atom. The van der Waals surface area contributed by atoms with Crippen LogP contribution in [0, 0.1) is 5.92 Å². The number of benzene rings is 12. The first-order valence-corrected chi connectivity index (χ1v) is 38.6. The number of aryl methyl sites for hydroxylation is 1. The van der Waals surface area contributed by atoms with Gasteiger partial charge in [-0.25, -0.2) is 9.98 Å². The number of fused-ring (bicyclic) bond motifs is 12. The van der Waals surface area contributed by atoms with Crippen molar-refractivity contribution >= 4 is 111 Å². The molecule has 8 heteroatoms. The molecule has 0 radical (unpaired) electrons. The summed E-state index contributed by atoms with van der Waals surface area (Å²) in [7, 11) is 0. The van der Waals surface area contributed by atoms with Crippen molar-refractivity contribution in [3.63, 3.8) is 0 Å². The standard InChI is InChI=1S/C98H70N6S2/c1-5-22-64(23-6-1)73-34-18-36-79-81-38-20-42-89(95(81)105-93(73)79)103-87-40-15-14-33-76(87)78-55-53-71(58-92(78)103)86-60-84(67-26-9-3-10-27-67)100-98(102-86)72-31-17-30-69(56-72)63-46-44-61(45-47-63)62-48-50-65(51-49-62)74-35-19-37-80-82-39-21-43-90(96(82)106-94(74)80)104-88-41-16-13-32-75(88)77-54-52-70(57-91(77)104)85-59-83(66-24-7-2-8-25-66)99-97(101-85)68-28-11-4-12-29-68/h1-18,20-33,35-36,38-56,58-60,70,73,83-84H,19,34,37,57H2,(H,99,101)(H,100,102). The fourth-order valence-electron chi connectivity index (χ4n) is 17.3. The third kappa shape index (κ3) is 10.6. The highest BCUT2D eigenvalue weighted by atomic mass is 32.1. The van der Waals surface area contributed by atoms with Crippen LogP contribution >= 0.6 is 22.7 Å². The molecule has 6 heterocycles. The van der Waals surface area contributed by atoms with Gasteiger partial charge in [-0.1, -0.05) is 291 Å². The van der Waals surface area contributed by atoms with Crippen LogP contribution < -0.4 is 10.6 Å². The van der Waals surface area contributed by atoms with E-state index < -0.39 is 0 Å². The van der Waals surface area contributed by atoms with Crippen LogP contribution in [0.25, 0.3) is 110 Å². The Bertz CT molecular complexity index is 6440. The van der Waals surface area contributed by atoms with Crippen molar-refractivity contribution in [2.45, 2.75) is 43.7 Å². The van der Waals surface area contributed by atoms with Crippen molar-refractivity contribution in [1.29, 1.82) is 0 Å². The molecule has 4 atom stereocenters. The summed E-state index contributed by atoms with van der Waals surface area (Å²) in [5, 5.41) is 14.1. The number of hydrogen-bond donors (Lipinski definition) is 2. The number of rotatable bonds is 12. The molecule has 16 aromatic rings. The predicted molar refractivity (Wildman–Crippen MR) is 446 cm³/mol. The Hall–Kier alpha value is -12.5. The summed E-state index contributed by atoms with van der Waals surface area (Å²) < 4.78 is 7.73. The van der Waals surface area contributed by atoms with Gasteiger partial charge in [0.15, 0.2) is 0 Å². The van der Waals surface area contributed by atoms with Gasteiger partial charge < -0.3 is 19.8 Å². The molecule has 4 aromatic heterocycles. The first-order valence-electron chi connectivity index (χ1n) is 37.0. The fourth-order valence-corrected chi connectivity index (χ4v) is 20.1. The summed E-state index contributed by atoms with van der Waals surface area (Å²) >= 11 is 3.92. The SMILES string of the molecule is C1=Cc2c(sc3c(-n4c5ccccc5c5ccc(C6=CC(c7ccccc7)NC(c7cccc(-c8ccc(-c9ccc(C%10=CCCc%11c%10sc%10c(-n%12c%13c(c%14ccccc%14%12)C=CC(C%12=CC(c%14ccccc%14)NC(c%14ccccc%14)=N%12)C%13)cccc%11%10)cc9)cc8)c7)=N6)cc54)cccc23)C(c2ccccc2)C1. The molecule has 2 aliphatic heterocycles. The van der Waals surface area contributed by atoms with Crippen LogP contribution in [0.3, 0.4) is 0 Å². The Balaban J connectivity index is 0.571. The zero-order valence-corrected chi connectivity index (χ0v) is 59.7. The lowest BCUT2D eigenvalue weighted by Gasteiger charge is -2.28. The maximum absolute atomic E-state index is 5.56. The largest absolute Gasteiger partial charge is 0.359 e. The summed E-state index contributed by atoms with van der Waals surface area (Å²) in [4.78, 5) is 13.8. The molecular formula is C98H70N6S2. The summed E-state index contributed by atoms with van der Waals surface area (Å²) in [6.45, 7) is 0. The van der Waals surface area contributed by atoms with E-state index in [-0.39, 0.29) is 18.0 Å². The highest BCUT2D eigenvalue weighted by Gasteiger charge is 2.32. The van der Waals surface area contributed by atoms with E-state index in [2.05, 4.69) is 360 Å². The number of amidine groups is 2. The first kappa shape index (κ1) is 62.1. The number of para-hydroxylation sites is 2. The second-order valence-electron chi connectivity index (χ2n) is 28.6. The topological polar surface area (TPSA) is 58.6 Å². The molecule has 0 fully saturated rings. The Labute approximate surface area is 623 Å². The van der Waals surface area contributed by atoms with Gasteiger partial charge in [-0.2, -0.15) is 0 Å². The molecular weight excluding hydrogens is 1330 g/mol. The highest BCUT2D eigenvalue weighted by molar-refractivity contribution is 7.21. The van der Waals surface area contributed by atoms with E-state index in [0.717, 1.165) is 82.1 Å². The van der Waals surface area contributed by atoms with Crippen molar-refractivity contribution in [3.05, 3.63) is 404 Å². The Kier molecular flexibility index (Phi) is 15.1. The molecule has 6 nitrogen and oxygen atoms in total. The third-order valence-corrected chi connectivity index (χ3v) is 25.1. The van der Waals surface area contributed by atoms with Gasteiger partial charge in [0, 0.05) is 83.2 Å². The van der Waals surface area contributed by atoms with Gasteiger partial charge in [-0.15, -0.1) is 22.7 Å². The molecule has 0 saturated carbocycles. The number of nitrogens with one attached hydrogen (secondary N) is 2. The van der Waals surface area contributed by atoms with Gasteiger partial charge in [0.1, 0.15) is 11.7 Å². The summed E-state index contributed by atoms with van der Waals surface area (Å²) in [5.74, 6) is 2.16. The van der Waals surface area contributed by atoms with Crippen LogP contribution in [0.4, 0.5) is 0 Å². The van der Waals surface area contributed by atoms with Crippen LogP contribution in [0.5, 0.6) is 0 Å². The Morgan fingerprint density at radius 3 is 1.69 bits per heavy atom. The predicted octanol–water partition coefficient (Wildman–Crippen LogP) is 24.4. The minimum absolute atomic E-state index is 0.00191. The normalized spacial score (nSPS) is 17.5. The number of nitrogens with zero attached hydrogens (tertiary/aromatic N) is 4. The molecule has 2 N–H and O–H groups in total. The van der Waals surface area contributed by atoms with Gasteiger partial charge in [-0.05, 0) is 134 Å². The minimum Gasteiger partial charge on any atom is -0.359 e. The van der Waals surface area contributed by atoms with Crippen molar-refractivity contribution in [2.24, 2.45) is 15.9 Å². The van der Waals surface area contributed by atoms with Crippen LogP contribution in [0.2, 0.25) is 0 Å². The molecule has 5 aliphatic rings. The van der Waals surface area contributed by atoms with E-state index in [1.165, 1.54) is 130 Å². The van der Waals surface area contributed by atoms with E-state index in [4.69, 9.17) is 9.98 Å². The van der Waals surface area contributed by atoms with E-state index >= 15 is 0 Å². The number of thiophene rings is 2. The Morgan fingerprint density at radius 1 is 0.396 bits per heavy atom. The van der Waals surface area contributed by atoms with E-state index in [0.29, 0.717) is 5.92 Å². The first-order chi connectivity index (χ1) is 52.5. The molecule has 4 unspecified atom stereocenters. The summed E-state index contributed by atoms with van der Waals surface area (Å²) in [5.41, 5.74) is 27.7. The lowest BCUT2D eigenvalue weighted by atomic mass is 9.87. The molecule has 0 amide bonds. The van der Waals surface area contributed by atoms with Gasteiger partial charge >= 0.3 is 0 Å². The van der Waals surface area contributed by atoms with Gasteiger partial charge in [0.2, 0.25) is 0 Å². The zero-order valence-electron chi connectivity index (χ0n) is 58.1. The second kappa shape index (κ2) is 25.7. The van der Waals surface area contributed by atoms with Crippen LogP contribution in [0.1, 0.15) is 102 Å². The van der Waals surface area contributed by atoms with E-state index in [1.54, 1.807) is 0 Å². The van der Waals surface area contributed by atoms with Gasteiger partial charge in [0.25, 0.3) is 0 Å². The van der Waals surface area contributed by atoms with E-state index in [9.17, 15) is 0 Å². The lowest BCUT2D eigenvalue weighted by Crippen LogP contribution is -2.32. The minimum atomic E-state index is -0.108. The fraction of sp³-hybridized carbons (Fsp3) is 0.0816. The third-order valence-electron chi connectivity index (χ3n) is 22.4. The van der Waals surface area contributed by atoms with Crippen LogP contribution in [-0.4, -0.2) is 20.8 Å². The average molecular weight is 1400 g/mol. The second-order valence-corrected chi connectivity index (χ2v) is 30.6. The molecule has 504 valence electrons. The summed E-state index contributed by atoms with van der Waals surface area (Å²) in [6.07, 6.45) is 20.4. The number of allylic oxidation sites excluding steroid dienone is 3. The summed E-state index contributed by atoms with van der Waals surface area (Å²) in [6, 6.07) is 109. The number of aliphatic imine (C=N–C) groups is 2. The highest BCUT2D eigenvalue weighted by Crippen LogP contribution is 2.50. The van der Waals surface area contributed by atoms with Crippen molar-refractivity contribution < 1.29 is 0 Å². The maximum atomic E-state index is 5.56. The number of aromatic nitrogens is 2. The number of hydrogen-bond acceptors (Lipinski definition) is 6. The van der Waals surface area contributed by atoms with Gasteiger partial charge in [0.05, 0.1) is 55.1 Å². The molecule has 106 heavy (non-hydrogen) atoms. The van der Waals surface area contributed by atoms with Crippen molar-refractivity contribution in [3.8, 4) is 33.6 Å². The molecule has 0 spiro atoms. The monoisotopic (exact) mass is 1390 g/mol. The quantitative estimate of drug-likeness (QED) is 0.128. The van der Waals surface area contributed by atoms with Gasteiger partial charge in [-0.3, -0.25) is 0 Å². The van der Waals surface area contributed by atoms with Crippen LogP contribution in [-0.2, 0) is 12.8 Å². The average Bonchev–Trinajstić information content (AvgIpc) is 1.57. The maximum Gasteiger partial charge on any atom is 0.134 e.